The third kappa shape index (κ3) is 4.42. The largest absolute Gasteiger partial charge is 0.450 e. The van der Waals surface area contributed by atoms with Gasteiger partial charge in [-0.2, -0.15) is 5.10 Å². The second-order valence-electron chi connectivity index (χ2n) is 6.47. The summed E-state index contributed by atoms with van der Waals surface area (Å²) in [5.41, 5.74) is 2.09. The van der Waals surface area contributed by atoms with Gasteiger partial charge in [-0.1, -0.05) is 17.7 Å². The van der Waals surface area contributed by atoms with Crippen molar-refractivity contribution in [1.29, 1.82) is 0 Å². The summed E-state index contributed by atoms with van der Waals surface area (Å²) in [7, 11) is 0. The second kappa shape index (κ2) is 8.43. The van der Waals surface area contributed by atoms with Crippen LogP contribution in [0.15, 0.2) is 30.5 Å². The van der Waals surface area contributed by atoms with Crippen molar-refractivity contribution in [3.05, 3.63) is 46.7 Å². The molecule has 1 aromatic carbocycles. The molecular formula is C19H23ClN4O3. The number of rotatable bonds is 4. The van der Waals surface area contributed by atoms with Crippen molar-refractivity contribution in [2.75, 3.05) is 19.7 Å². The van der Waals surface area contributed by atoms with Crippen LogP contribution < -0.4 is 5.32 Å². The van der Waals surface area contributed by atoms with Gasteiger partial charge in [0.05, 0.1) is 29.7 Å². The van der Waals surface area contributed by atoms with Crippen molar-refractivity contribution < 1.29 is 14.3 Å². The molecule has 1 fully saturated rings. The number of carbonyl (C=O) groups excluding carboxylic acids is 2. The van der Waals surface area contributed by atoms with Crippen molar-refractivity contribution in [2.24, 2.45) is 0 Å². The Kier molecular flexibility index (Phi) is 6.01. The van der Waals surface area contributed by atoms with E-state index in [0.717, 1.165) is 11.4 Å². The van der Waals surface area contributed by atoms with Crippen molar-refractivity contribution in [1.82, 2.24) is 20.0 Å². The number of hydrogen-bond donors (Lipinski definition) is 1. The minimum atomic E-state index is -0.291. The predicted octanol–water partition coefficient (Wildman–Crippen LogP) is 3.18. The number of benzene rings is 1. The molecule has 0 atom stereocenters. The highest BCUT2D eigenvalue weighted by Gasteiger charge is 2.26. The van der Waals surface area contributed by atoms with E-state index in [2.05, 4.69) is 10.4 Å². The first kappa shape index (κ1) is 19.2. The van der Waals surface area contributed by atoms with Crippen LogP contribution in [0.25, 0.3) is 5.69 Å². The van der Waals surface area contributed by atoms with Gasteiger partial charge in [-0.25, -0.2) is 9.48 Å². The summed E-state index contributed by atoms with van der Waals surface area (Å²) in [4.78, 5) is 26.1. The molecule has 0 saturated carbocycles. The van der Waals surface area contributed by atoms with E-state index in [1.807, 2.05) is 19.1 Å². The van der Waals surface area contributed by atoms with Crippen LogP contribution in [0.5, 0.6) is 0 Å². The average molecular weight is 391 g/mol. The molecule has 1 aromatic heterocycles. The highest BCUT2D eigenvalue weighted by molar-refractivity contribution is 6.30. The normalized spacial score (nSPS) is 14.9. The molecule has 0 bridgehead atoms. The van der Waals surface area contributed by atoms with E-state index in [1.54, 1.807) is 34.8 Å². The fourth-order valence-corrected chi connectivity index (χ4v) is 3.37. The molecule has 1 N–H and O–H groups in total. The molecule has 144 valence electrons. The standard InChI is InChI=1S/C19H23ClN4O3/c1-3-27-19(26)23-9-7-15(8-10-23)22-18(25)17-12-21-24(13(17)2)16-6-4-5-14(20)11-16/h4-6,11-12,15H,3,7-10H2,1-2H3,(H,22,25). The van der Waals surface area contributed by atoms with Gasteiger partial charge in [0, 0.05) is 24.2 Å². The van der Waals surface area contributed by atoms with Crippen molar-refractivity contribution in [3.8, 4) is 5.69 Å². The van der Waals surface area contributed by atoms with Gasteiger partial charge in [-0.3, -0.25) is 4.79 Å². The number of halogens is 1. The van der Waals surface area contributed by atoms with Crippen molar-refractivity contribution in [2.45, 2.75) is 32.7 Å². The molecule has 0 unspecified atom stereocenters. The number of nitrogens with one attached hydrogen (secondary N) is 1. The van der Waals surface area contributed by atoms with E-state index in [4.69, 9.17) is 16.3 Å². The first-order valence-corrected chi connectivity index (χ1v) is 9.40. The Morgan fingerprint density at radius 3 is 2.74 bits per heavy atom. The lowest BCUT2D eigenvalue weighted by Crippen LogP contribution is -2.46. The zero-order valence-electron chi connectivity index (χ0n) is 15.4. The van der Waals surface area contributed by atoms with E-state index < -0.39 is 0 Å². The van der Waals surface area contributed by atoms with Crippen LogP contribution in [0.4, 0.5) is 4.79 Å². The van der Waals surface area contributed by atoms with Crippen LogP contribution in [-0.4, -0.2) is 52.4 Å². The fraction of sp³-hybridized carbons (Fsp3) is 0.421. The van der Waals surface area contributed by atoms with E-state index in [9.17, 15) is 9.59 Å². The molecule has 3 rings (SSSR count). The molecule has 0 aliphatic carbocycles. The Balaban J connectivity index is 1.62. The number of nitrogens with zero attached hydrogens (tertiary/aromatic N) is 3. The van der Waals surface area contributed by atoms with Gasteiger partial charge < -0.3 is 15.0 Å². The third-order valence-electron chi connectivity index (χ3n) is 4.66. The number of carbonyl (C=O) groups is 2. The van der Waals surface area contributed by atoms with Crippen LogP contribution in [-0.2, 0) is 4.74 Å². The lowest BCUT2D eigenvalue weighted by Gasteiger charge is -2.31. The Labute approximate surface area is 163 Å². The Hall–Kier alpha value is -2.54. The summed E-state index contributed by atoms with van der Waals surface area (Å²) in [5, 5.41) is 7.98. The number of likely N-dealkylation sites (tertiary alicyclic amines) is 1. The summed E-state index contributed by atoms with van der Waals surface area (Å²) in [6.07, 6.45) is 2.68. The summed E-state index contributed by atoms with van der Waals surface area (Å²) >= 11 is 6.04. The fourth-order valence-electron chi connectivity index (χ4n) is 3.19. The third-order valence-corrected chi connectivity index (χ3v) is 4.90. The van der Waals surface area contributed by atoms with Crippen molar-refractivity contribution in [3.63, 3.8) is 0 Å². The number of aromatic nitrogens is 2. The summed E-state index contributed by atoms with van der Waals surface area (Å²) in [5.74, 6) is -0.157. The summed E-state index contributed by atoms with van der Waals surface area (Å²) in [6, 6.07) is 7.35. The van der Waals surface area contributed by atoms with Gasteiger partial charge in [0.2, 0.25) is 0 Å². The number of amides is 2. The summed E-state index contributed by atoms with van der Waals surface area (Å²) in [6.45, 7) is 5.16. The first-order valence-electron chi connectivity index (χ1n) is 9.02. The van der Waals surface area contributed by atoms with Crippen LogP contribution in [0.1, 0.15) is 35.8 Å². The van der Waals surface area contributed by atoms with E-state index >= 15 is 0 Å². The Bertz CT molecular complexity index is 828. The molecule has 7 nitrogen and oxygen atoms in total. The highest BCUT2D eigenvalue weighted by Crippen LogP contribution is 2.19. The van der Waals surface area contributed by atoms with Gasteiger partial charge >= 0.3 is 6.09 Å². The molecule has 1 aliphatic heterocycles. The molecule has 0 radical (unpaired) electrons. The maximum Gasteiger partial charge on any atom is 0.409 e. The second-order valence-corrected chi connectivity index (χ2v) is 6.91. The molecule has 27 heavy (non-hydrogen) atoms. The maximum atomic E-state index is 12.7. The molecule has 1 saturated heterocycles. The van der Waals surface area contributed by atoms with Gasteiger partial charge in [0.1, 0.15) is 0 Å². The van der Waals surface area contributed by atoms with Gasteiger partial charge in [0.15, 0.2) is 0 Å². The topological polar surface area (TPSA) is 76.5 Å². The number of hydrogen-bond acceptors (Lipinski definition) is 4. The summed E-state index contributed by atoms with van der Waals surface area (Å²) < 4.78 is 6.71. The lowest BCUT2D eigenvalue weighted by atomic mass is 10.0. The van der Waals surface area contributed by atoms with E-state index in [0.29, 0.717) is 43.1 Å². The zero-order valence-corrected chi connectivity index (χ0v) is 16.2. The molecular weight excluding hydrogens is 368 g/mol. The molecule has 2 amide bonds. The minimum Gasteiger partial charge on any atom is -0.450 e. The zero-order chi connectivity index (χ0) is 19.4. The number of piperidine rings is 1. The lowest BCUT2D eigenvalue weighted by molar-refractivity contribution is 0.0859. The van der Waals surface area contributed by atoms with Crippen LogP contribution >= 0.6 is 11.6 Å². The van der Waals surface area contributed by atoms with Crippen LogP contribution in [0.3, 0.4) is 0 Å². The van der Waals surface area contributed by atoms with E-state index in [1.165, 1.54) is 0 Å². The molecule has 1 aliphatic rings. The highest BCUT2D eigenvalue weighted by atomic mass is 35.5. The first-order chi connectivity index (χ1) is 13.0. The minimum absolute atomic E-state index is 0.0251. The van der Waals surface area contributed by atoms with Crippen LogP contribution in [0, 0.1) is 6.92 Å². The van der Waals surface area contributed by atoms with E-state index in [-0.39, 0.29) is 18.0 Å². The molecule has 2 heterocycles. The molecule has 8 heteroatoms. The van der Waals surface area contributed by atoms with Crippen molar-refractivity contribution >= 4 is 23.6 Å². The maximum absolute atomic E-state index is 12.7. The molecule has 0 spiro atoms. The monoisotopic (exact) mass is 390 g/mol. The van der Waals surface area contributed by atoms with Gasteiger partial charge in [-0.05, 0) is 44.9 Å². The predicted molar refractivity (Wildman–Crippen MR) is 102 cm³/mol. The average Bonchev–Trinajstić information content (AvgIpc) is 3.04. The van der Waals surface area contributed by atoms with Crippen LogP contribution in [0.2, 0.25) is 5.02 Å². The number of ether oxygens (including phenoxy) is 1. The quantitative estimate of drug-likeness (QED) is 0.869. The van der Waals surface area contributed by atoms with Gasteiger partial charge in [0.25, 0.3) is 5.91 Å². The Morgan fingerprint density at radius 2 is 2.07 bits per heavy atom. The molecule has 2 aromatic rings. The Morgan fingerprint density at radius 1 is 1.33 bits per heavy atom. The SMILES string of the molecule is CCOC(=O)N1CCC(NC(=O)c2cnn(-c3cccc(Cl)c3)c2C)CC1. The van der Waals surface area contributed by atoms with Gasteiger partial charge in [-0.15, -0.1) is 0 Å². The smallest absolute Gasteiger partial charge is 0.409 e.